The van der Waals surface area contributed by atoms with E-state index < -0.39 is 0 Å². The van der Waals surface area contributed by atoms with Crippen molar-refractivity contribution in [3.05, 3.63) is 40.7 Å². The minimum atomic E-state index is -0.220. The molecule has 1 amide bonds. The molecule has 0 bridgehead atoms. The van der Waals surface area contributed by atoms with E-state index in [0.29, 0.717) is 30.2 Å². The van der Waals surface area contributed by atoms with E-state index in [-0.39, 0.29) is 11.8 Å². The van der Waals surface area contributed by atoms with Gasteiger partial charge >= 0.3 is 0 Å². The van der Waals surface area contributed by atoms with Crippen LogP contribution in [0, 0.1) is 5.92 Å². The molecule has 1 aromatic heterocycles. The molecular formula is C16H22ClN5O. The van der Waals surface area contributed by atoms with Gasteiger partial charge in [0.05, 0.1) is 11.4 Å². The second-order valence-corrected chi connectivity index (χ2v) is 6.01. The van der Waals surface area contributed by atoms with Gasteiger partial charge in [0, 0.05) is 11.6 Å². The lowest BCUT2D eigenvalue weighted by molar-refractivity contribution is 0.0942. The lowest BCUT2D eigenvalue weighted by Crippen LogP contribution is -2.32. The predicted molar refractivity (Wildman–Crippen MR) is 90.9 cm³/mol. The Morgan fingerprint density at radius 3 is 2.91 bits per heavy atom. The first-order chi connectivity index (χ1) is 11.1. The van der Waals surface area contributed by atoms with Crippen LogP contribution in [-0.2, 0) is 6.42 Å². The molecule has 0 radical (unpaired) electrons. The molecule has 0 aliphatic rings. The van der Waals surface area contributed by atoms with Crippen molar-refractivity contribution in [2.75, 3.05) is 13.1 Å². The van der Waals surface area contributed by atoms with Crippen LogP contribution < -0.4 is 11.1 Å². The quantitative estimate of drug-likeness (QED) is 0.812. The van der Waals surface area contributed by atoms with E-state index in [1.165, 1.54) is 0 Å². The number of carbonyl (C=O) groups excluding carboxylic acids is 1. The van der Waals surface area contributed by atoms with Crippen LogP contribution in [0.25, 0.3) is 5.69 Å². The maximum Gasteiger partial charge on any atom is 0.273 e. The average molecular weight is 336 g/mol. The first-order valence-electron chi connectivity index (χ1n) is 7.75. The van der Waals surface area contributed by atoms with Gasteiger partial charge in [0.25, 0.3) is 5.91 Å². The van der Waals surface area contributed by atoms with Gasteiger partial charge in [-0.15, -0.1) is 5.10 Å². The van der Waals surface area contributed by atoms with Crippen LogP contribution in [0.4, 0.5) is 0 Å². The number of hydrogen-bond donors (Lipinski definition) is 2. The van der Waals surface area contributed by atoms with Gasteiger partial charge < -0.3 is 11.1 Å². The molecule has 0 fully saturated rings. The molecule has 0 saturated carbocycles. The monoisotopic (exact) mass is 335 g/mol. The Balaban J connectivity index is 2.29. The second kappa shape index (κ2) is 8.08. The van der Waals surface area contributed by atoms with Crippen molar-refractivity contribution in [2.24, 2.45) is 11.7 Å². The molecule has 23 heavy (non-hydrogen) atoms. The van der Waals surface area contributed by atoms with E-state index in [4.69, 9.17) is 17.3 Å². The summed E-state index contributed by atoms with van der Waals surface area (Å²) < 4.78 is 1.68. The Hall–Kier alpha value is -1.92. The largest absolute Gasteiger partial charge is 0.350 e. The molecular weight excluding hydrogens is 314 g/mol. The van der Waals surface area contributed by atoms with Gasteiger partial charge in [0.2, 0.25) is 0 Å². The molecule has 1 unspecified atom stereocenters. The van der Waals surface area contributed by atoms with Crippen LogP contribution in [0.15, 0.2) is 24.3 Å². The number of aromatic nitrogens is 3. The molecule has 3 N–H and O–H groups in total. The number of halogens is 1. The Morgan fingerprint density at radius 2 is 2.26 bits per heavy atom. The van der Waals surface area contributed by atoms with Gasteiger partial charge in [-0.05, 0) is 37.1 Å². The zero-order valence-corrected chi connectivity index (χ0v) is 14.2. The van der Waals surface area contributed by atoms with E-state index in [9.17, 15) is 4.79 Å². The van der Waals surface area contributed by atoms with Crippen LogP contribution in [0.2, 0.25) is 5.02 Å². The molecule has 0 aliphatic carbocycles. The van der Waals surface area contributed by atoms with Crippen LogP contribution in [0.5, 0.6) is 0 Å². The number of hydrogen-bond acceptors (Lipinski definition) is 4. The fraction of sp³-hybridized carbons (Fsp3) is 0.438. The minimum absolute atomic E-state index is 0.219. The van der Waals surface area contributed by atoms with Gasteiger partial charge in [-0.2, -0.15) is 0 Å². The number of amides is 1. The number of carbonyl (C=O) groups is 1. The number of nitrogens with one attached hydrogen (secondary N) is 1. The summed E-state index contributed by atoms with van der Waals surface area (Å²) in [6.45, 7) is 5.08. The minimum Gasteiger partial charge on any atom is -0.350 e. The van der Waals surface area contributed by atoms with Gasteiger partial charge in [-0.1, -0.05) is 43.1 Å². The Kier molecular flexibility index (Phi) is 6.12. The molecule has 1 heterocycles. The first-order valence-corrected chi connectivity index (χ1v) is 8.13. The molecule has 1 atom stereocenters. The number of benzene rings is 1. The first kappa shape index (κ1) is 17.4. The number of nitrogens with zero attached hydrogens (tertiary/aromatic N) is 3. The third kappa shape index (κ3) is 4.30. The molecule has 0 aliphatic heterocycles. The summed E-state index contributed by atoms with van der Waals surface area (Å²) in [4.78, 5) is 12.4. The molecule has 7 heteroatoms. The highest BCUT2D eigenvalue weighted by Crippen LogP contribution is 2.18. The lowest BCUT2D eigenvalue weighted by atomic mass is 10.1. The summed E-state index contributed by atoms with van der Waals surface area (Å²) >= 11 is 6.04. The maximum absolute atomic E-state index is 12.4. The molecule has 6 nitrogen and oxygen atoms in total. The summed E-state index contributed by atoms with van der Waals surface area (Å²) in [5.41, 5.74) is 7.51. The molecule has 2 rings (SSSR count). The average Bonchev–Trinajstić information content (AvgIpc) is 2.96. The van der Waals surface area contributed by atoms with E-state index in [1.807, 2.05) is 26.0 Å². The zero-order valence-electron chi connectivity index (χ0n) is 13.4. The fourth-order valence-electron chi connectivity index (χ4n) is 2.19. The molecule has 1 aromatic carbocycles. The van der Waals surface area contributed by atoms with E-state index in [2.05, 4.69) is 15.6 Å². The lowest BCUT2D eigenvalue weighted by Gasteiger charge is -2.10. The molecule has 0 saturated heterocycles. The van der Waals surface area contributed by atoms with Gasteiger partial charge in [0.1, 0.15) is 0 Å². The van der Waals surface area contributed by atoms with E-state index in [0.717, 1.165) is 17.8 Å². The molecule has 0 spiro atoms. The molecule has 2 aromatic rings. The normalized spacial score (nSPS) is 12.2. The third-order valence-corrected chi connectivity index (χ3v) is 3.77. The third-order valence-electron chi connectivity index (χ3n) is 3.53. The Morgan fingerprint density at radius 1 is 1.48 bits per heavy atom. The summed E-state index contributed by atoms with van der Waals surface area (Å²) in [7, 11) is 0. The van der Waals surface area contributed by atoms with Crippen LogP contribution in [0.1, 0.15) is 36.5 Å². The van der Waals surface area contributed by atoms with Crippen molar-refractivity contribution in [1.29, 1.82) is 0 Å². The predicted octanol–water partition coefficient (Wildman–Crippen LogP) is 2.20. The number of nitrogens with two attached hydrogens (primary N) is 1. The van der Waals surface area contributed by atoms with Crippen LogP contribution >= 0.6 is 11.6 Å². The summed E-state index contributed by atoms with van der Waals surface area (Å²) in [6.07, 6.45) is 1.59. The van der Waals surface area contributed by atoms with Crippen molar-refractivity contribution < 1.29 is 4.79 Å². The van der Waals surface area contributed by atoms with Gasteiger partial charge in [-0.25, -0.2) is 4.68 Å². The summed E-state index contributed by atoms with van der Waals surface area (Å²) in [6, 6.07) is 7.33. The molecule has 124 valence electrons. The van der Waals surface area contributed by atoms with Gasteiger partial charge in [0.15, 0.2) is 5.69 Å². The highest BCUT2D eigenvalue weighted by atomic mass is 35.5. The van der Waals surface area contributed by atoms with E-state index in [1.54, 1.807) is 16.8 Å². The van der Waals surface area contributed by atoms with Gasteiger partial charge in [-0.3, -0.25) is 4.79 Å². The Bertz CT molecular complexity index is 670. The van der Waals surface area contributed by atoms with E-state index >= 15 is 0 Å². The Labute approximate surface area is 141 Å². The van der Waals surface area contributed by atoms with Crippen LogP contribution in [-0.4, -0.2) is 34.0 Å². The van der Waals surface area contributed by atoms with Crippen molar-refractivity contribution in [1.82, 2.24) is 20.3 Å². The summed E-state index contributed by atoms with van der Waals surface area (Å²) in [5.74, 6) is -0.00132. The van der Waals surface area contributed by atoms with Crippen molar-refractivity contribution in [2.45, 2.75) is 26.7 Å². The zero-order chi connectivity index (χ0) is 16.8. The van der Waals surface area contributed by atoms with Crippen molar-refractivity contribution in [3.63, 3.8) is 0 Å². The topological polar surface area (TPSA) is 85.8 Å². The fourth-order valence-corrected chi connectivity index (χ4v) is 2.37. The maximum atomic E-state index is 12.4. The van der Waals surface area contributed by atoms with Crippen LogP contribution in [0.3, 0.4) is 0 Å². The SMILES string of the molecule is CCCc1c(C(=O)NCC(C)CN)nnn1-c1cccc(Cl)c1. The standard InChI is InChI=1S/C16H22ClN5O/c1-3-5-14-15(16(23)19-10-11(2)9-18)20-21-22(14)13-7-4-6-12(17)8-13/h4,6-8,11H,3,5,9-10,18H2,1-2H3,(H,19,23). The highest BCUT2D eigenvalue weighted by Gasteiger charge is 2.20. The highest BCUT2D eigenvalue weighted by molar-refractivity contribution is 6.30. The van der Waals surface area contributed by atoms with Crippen molar-refractivity contribution >= 4 is 17.5 Å². The van der Waals surface area contributed by atoms with Crippen molar-refractivity contribution in [3.8, 4) is 5.69 Å². The summed E-state index contributed by atoms with van der Waals surface area (Å²) in [5, 5.41) is 11.7. The smallest absolute Gasteiger partial charge is 0.273 e. The number of rotatable bonds is 7. The second-order valence-electron chi connectivity index (χ2n) is 5.58.